The first-order chi connectivity index (χ1) is 11.7. The third kappa shape index (κ3) is 4.45. The van der Waals surface area contributed by atoms with E-state index < -0.39 is 0 Å². The molecule has 2 N–H and O–H groups in total. The van der Waals surface area contributed by atoms with E-state index in [1.807, 2.05) is 18.2 Å². The number of methoxy groups -OCH3 is 2. The van der Waals surface area contributed by atoms with Gasteiger partial charge in [-0.3, -0.25) is 9.78 Å². The molecule has 7 nitrogen and oxygen atoms in total. The lowest BCUT2D eigenvalue weighted by Gasteiger charge is -2.10. The number of oxime groups is 1. The molecule has 0 spiro atoms. The maximum absolute atomic E-state index is 12.0. The molecule has 24 heavy (non-hydrogen) atoms. The van der Waals surface area contributed by atoms with Gasteiger partial charge in [0.25, 0.3) is 5.91 Å². The average Bonchev–Trinajstić information content (AvgIpc) is 2.62. The van der Waals surface area contributed by atoms with Gasteiger partial charge in [-0.25, -0.2) is 0 Å². The van der Waals surface area contributed by atoms with Crippen molar-refractivity contribution in [1.29, 1.82) is 0 Å². The van der Waals surface area contributed by atoms with E-state index in [0.29, 0.717) is 35.7 Å². The fourth-order valence-electron chi connectivity index (χ4n) is 2.13. The number of aromatic nitrogens is 1. The molecule has 1 aromatic heterocycles. The van der Waals surface area contributed by atoms with Crippen LogP contribution < -0.4 is 14.8 Å². The van der Waals surface area contributed by atoms with Crippen molar-refractivity contribution in [3.05, 3.63) is 53.3 Å². The fraction of sp³-hybridized carbons (Fsp3) is 0.235. The van der Waals surface area contributed by atoms with Gasteiger partial charge in [-0.1, -0.05) is 11.2 Å². The van der Waals surface area contributed by atoms with Crippen molar-refractivity contribution >= 4 is 12.1 Å². The highest BCUT2D eigenvalue weighted by molar-refractivity contribution is 5.94. The van der Waals surface area contributed by atoms with Gasteiger partial charge < -0.3 is 20.0 Å². The molecule has 0 saturated heterocycles. The number of carbonyl (C=O) groups excluding carboxylic acids is 1. The van der Waals surface area contributed by atoms with E-state index in [2.05, 4.69) is 15.5 Å². The normalized spacial score (nSPS) is 10.6. The number of carbonyl (C=O) groups is 1. The molecular formula is C17H19N3O4. The molecule has 1 aromatic carbocycles. The molecule has 0 aliphatic carbocycles. The summed E-state index contributed by atoms with van der Waals surface area (Å²) in [4.78, 5) is 16.0. The van der Waals surface area contributed by atoms with Crippen molar-refractivity contribution in [3.63, 3.8) is 0 Å². The fourth-order valence-corrected chi connectivity index (χ4v) is 2.13. The van der Waals surface area contributed by atoms with Crippen LogP contribution in [0.2, 0.25) is 0 Å². The number of benzene rings is 1. The van der Waals surface area contributed by atoms with E-state index in [4.69, 9.17) is 14.7 Å². The number of pyridine rings is 1. The van der Waals surface area contributed by atoms with Crippen LogP contribution in [0.25, 0.3) is 0 Å². The molecule has 2 aromatic rings. The molecule has 2 rings (SSSR count). The summed E-state index contributed by atoms with van der Waals surface area (Å²) in [7, 11) is 3.17. The lowest BCUT2D eigenvalue weighted by atomic mass is 10.1. The molecule has 7 heteroatoms. The molecule has 1 amide bonds. The Bertz CT molecular complexity index is 714. The van der Waals surface area contributed by atoms with Crippen molar-refractivity contribution in [3.8, 4) is 11.5 Å². The van der Waals surface area contributed by atoms with E-state index in [0.717, 1.165) is 5.56 Å². The van der Waals surface area contributed by atoms with Gasteiger partial charge in [0.1, 0.15) is 0 Å². The van der Waals surface area contributed by atoms with Gasteiger partial charge in [0.15, 0.2) is 11.5 Å². The Morgan fingerprint density at radius 3 is 2.67 bits per heavy atom. The van der Waals surface area contributed by atoms with Crippen molar-refractivity contribution < 1.29 is 19.5 Å². The van der Waals surface area contributed by atoms with Crippen LogP contribution >= 0.6 is 0 Å². The van der Waals surface area contributed by atoms with Crippen LogP contribution in [0.1, 0.15) is 21.6 Å². The summed E-state index contributed by atoms with van der Waals surface area (Å²) < 4.78 is 10.4. The third-order valence-corrected chi connectivity index (χ3v) is 3.39. The second-order valence-electron chi connectivity index (χ2n) is 4.91. The highest BCUT2D eigenvalue weighted by Crippen LogP contribution is 2.27. The van der Waals surface area contributed by atoms with Gasteiger partial charge in [-0.15, -0.1) is 0 Å². The molecule has 0 aliphatic rings. The molecule has 126 valence electrons. The highest BCUT2D eigenvalue weighted by Gasteiger charge is 2.07. The summed E-state index contributed by atoms with van der Waals surface area (Å²) >= 11 is 0. The summed E-state index contributed by atoms with van der Waals surface area (Å²) in [5.41, 5.74) is 1.94. The van der Waals surface area contributed by atoms with Gasteiger partial charge >= 0.3 is 0 Å². The minimum atomic E-state index is -0.213. The quantitative estimate of drug-likeness (QED) is 0.459. The van der Waals surface area contributed by atoms with Gasteiger partial charge in [0.05, 0.1) is 31.7 Å². The van der Waals surface area contributed by atoms with Gasteiger partial charge in [-0.2, -0.15) is 0 Å². The molecular weight excluding hydrogens is 310 g/mol. The predicted octanol–water partition coefficient (Wildman–Crippen LogP) is 1.88. The van der Waals surface area contributed by atoms with Gasteiger partial charge in [-0.05, 0) is 36.2 Å². The first kappa shape index (κ1) is 17.3. The number of amides is 1. The van der Waals surface area contributed by atoms with E-state index in [-0.39, 0.29) is 5.91 Å². The standard InChI is InChI=1S/C17H19N3O4/c1-23-15-6-3-12(9-16(15)24-2)7-8-18-17(21)13-4-5-14(11-20-22)19-10-13/h3-6,9-11,22H,7-8H2,1-2H3,(H,18,21). The van der Waals surface area contributed by atoms with Crippen LogP contribution in [0.15, 0.2) is 41.7 Å². The lowest BCUT2D eigenvalue weighted by Crippen LogP contribution is -2.25. The van der Waals surface area contributed by atoms with Crippen LogP contribution in [0.3, 0.4) is 0 Å². The van der Waals surface area contributed by atoms with E-state index in [1.54, 1.807) is 26.4 Å². The predicted molar refractivity (Wildman–Crippen MR) is 89.2 cm³/mol. The van der Waals surface area contributed by atoms with Crippen molar-refractivity contribution in [2.24, 2.45) is 5.16 Å². The Hall–Kier alpha value is -3.09. The van der Waals surface area contributed by atoms with Gasteiger partial charge in [0.2, 0.25) is 0 Å². The molecule has 1 heterocycles. The molecule has 0 bridgehead atoms. The molecule has 0 fully saturated rings. The minimum absolute atomic E-state index is 0.213. The summed E-state index contributed by atoms with van der Waals surface area (Å²) in [5, 5.41) is 14.1. The second kappa shape index (κ2) is 8.52. The number of hydrogen-bond donors (Lipinski definition) is 2. The Kier molecular flexibility index (Phi) is 6.13. The SMILES string of the molecule is COc1ccc(CCNC(=O)c2ccc(C=NO)nc2)cc1OC. The smallest absolute Gasteiger partial charge is 0.252 e. The Labute approximate surface area is 139 Å². The molecule has 0 atom stereocenters. The largest absolute Gasteiger partial charge is 0.493 e. The highest BCUT2D eigenvalue weighted by atomic mass is 16.5. The van der Waals surface area contributed by atoms with Gasteiger partial charge in [0, 0.05) is 12.7 Å². The zero-order valence-corrected chi connectivity index (χ0v) is 13.5. The van der Waals surface area contributed by atoms with Crippen LogP contribution in [-0.2, 0) is 6.42 Å². The van der Waals surface area contributed by atoms with E-state index in [9.17, 15) is 4.79 Å². The summed E-state index contributed by atoms with van der Waals surface area (Å²) in [6.07, 6.45) is 3.29. The average molecular weight is 329 g/mol. The van der Waals surface area contributed by atoms with E-state index in [1.165, 1.54) is 12.4 Å². The van der Waals surface area contributed by atoms with E-state index >= 15 is 0 Å². The number of hydrogen-bond acceptors (Lipinski definition) is 6. The van der Waals surface area contributed by atoms with Crippen molar-refractivity contribution in [2.75, 3.05) is 20.8 Å². The number of ether oxygens (including phenoxy) is 2. The molecule has 0 saturated carbocycles. The first-order valence-electron chi connectivity index (χ1n) is 7.30. The monoisotopic (exact) mass is 329 g/mol. The van der Waals surface area contributed by atoms with Crippen LogP contribution in [0.5, 0.6) is 11.5 Å². The first-order valence-corrected chi connectivity index (χ1v) is 7.30. The molecule has 0 unspecified atom stereocenters. The van der Waals surface area contributed by atoms with Crippen LogP contribution in [0.4, 0.5) is 0 Å². The Morgan fingerprint density at radius 1 is 1.25 bits per heavy atom. The summed E-state index contributed by atoms with van der Waals surface area (Å²) in [6.45, 7) is 0.480. The Morgan fingerprint density at radius 2 is 2.04 bits per heavy atom. The van der Waals surface area contributed by atoms with Crippen LogP contribution in [0, 0.1) is 0 Å². The third-order valence-electron chi connectivity index (χ3n) is 3.39. The number of rotatable bonds is 7. The summed E-state index contributed by atoms with van der Waals surface area (Å²) in [6, 6.07) is 8.87. The number of nitrogens with one attached hydrogen (secondary N) is 1. The zero-order valence-electron chi connectivity index (χ0n) is 13.5. The van der Waals surface area contributed by atoms with Crippen LogP contribution in [-0.4, -0.2) is 43.1 Å². The zero-order chi connectivity index (χ0) is 17.4. The molecule has 0 radical (unpaired) electrons. The van der Waals surface area contributed by atoms with Crippen molar-refractivity contribution in [1.82, 2.24) is 10.3 Å². The second-order valence-corrected chi connectivity index (χ2v) is 4.91. The summed E-state index contributed by atoms with van der Waals surface area (Å²) in [5.74, 6) is 1.12. The van der Waals surface area contributed by atoms with Crippen molar-refractivity contribution in [2.45, 2.75) is 6.42 Å². The lowest BCUT2D eigenvalue weighted by molar-refractivity contribution is 0.0954. The maximum atomic E-state index is 12.0. The maximum Gasteiger partial charge on any atom is 0.252 e. The number of nitrogens with zero attached hydrogens (tertiary/aromatic N) is 2. The Balaban J connectivity index is 1.90. The molecule has 0 aliphatic heterocycles. The topological polar surface area (TPSA) is 93.0 Å². The minimum Gasteiger partial charge on any atom is -0.493 e.